The molecule has 180 valence electrons. The van der Waals surface area contributed by atoms with E-state index in [0.717, 1.165) is 16.7 Å². The number of carboxylic acids is 1. The minimum atomic E-state index is -1.04. The molecule has 4 rings (SSSR count). The zero-order valence-electron chi connectivity index (χ0n) is 18.8. The maximum Gasteiger partial charge on any atom is 0.357 e. The van der Waals surface area contributed by atoms with Crippen LogP contribution >= 0.6 is 0 Å². The number of aryl methyl sites for hydroxylation is 1. The second-order valence-corrected chi connectivity index (χ2v) is 8.20. The standard InChI is InChI=1S/C24H21F2N5O4/c1-11(2)19-21(12(8-9-28-19)6-7-17(32)33)31-22-13(23(34)30-24(31)35)10-15(26)20(29-22)18-14(25)4-3-5-16(18)27/h3-5,8-11H,6-7,27H2,1-2H3,(H,32,33)(H,30,34,35). The quantitative estimate of drug-likeness (QED) is 0.355. The molecule has 0 bridgehead atoms. The monoisotopic (exact) mass is 481 g/mol. The van der Waals surface area contributed by atoms with Crippen LogP contribution in [-0.4, -0.2) is 35.7 Å². The van der Waals surface area contributed by atoms with E-state index in [4.69, 9.17) is 5.73 Å². The van der Waals surface area contributed by atoms with Gasteiger partial charge < -0.3 is 15.9 Å². The highest BCUT2D eigenvalue weighted by molar-refractivity contribution is 5.86. The fourth-order valence-corrected chi connectivity index (χ4v) is 3.91. The lowest BCUT2D eigenvalue weighted by molar-refractivity contribution is -0.136. The number of aliphatic carboxylic acids is 1. The van der Waals surface area contributed by atoms with Crippen LogP contribution in [0.5, 0.6) is 5.88 Å². The van der Waals surface area contributed by atoms with E-state index in [0.29, 0.717) is 11.3 Å². The van der Waals surface area contributed by atoms with Gasteiger partial charge in [0.05, 0.1) is 22.3 Å². The van der Waals surface area contributed by atoms with Crippen LogP contribution in [0.1, 0.15) is 37.4 Å². The number of aromatic hydroxyl groups is 1. The van der Waals surface area contributed by atoms with Crippen LogP contribution in [-0.2, 0) is 11.2 Å². The first-order valence-corrected chi connectivity index (χ1v) is 10.7. The first-order chi connectivity index (χ1) is 16.6. The Balaban J connectivity index is 2.14. The van der Waals surface area contributed by atoms with E-state index in [1.807, 2.05) is 13.8 Å². The number of carbonyl (C=O) groups is 1. The first kappa shape index (κ1) is 23.7. The summed E-state index contributed by atoms with van der Waals surface area (Å²) in [5.74, 6) is -3.83. The Kier molecular flexibility index (Phi) is 6.16. The zero-order valence-corrected chi connectivity index (χ0v) is 18.8. The van der Waals surface area contributed by atoms with Gasteiger partial charge in [0.25, 0.3) is 0 Å². The minimum Gasteiger partial charge on any atom is -0.493 e. The maximum absolute atomic E-state index is 15.1. The SMILES string of the molecule is CC(C)c1nccc(CCC(=O)O)c1-n1c(=O)nc(O)c2cc(F)c(-c3c(N)cccc3F)nc21. The number of halogens is 2. The summed E-state index contributed by atoms with van der Waals surface area (Å²) >= 11 is 0. The lowest BCUT2D eigenvalue weighted by Crippen LogP contribution is -2.25. The lowest BCUT2D eigenvalue weighted by Gasteiger charge is -2.19. The van der Waals surface area contributed by atoms with Crippen LogP contribution in [0.4, 0.5) is 14.5 Å². The Labute approximate surface area is 197 Å². The van der Waals surface area contributed by atoms with Gasteiger partial charge >= 0.3 is 11.7 Å². The van der Waals surface area contributed by atoms with Gasteiger partial charge in [0.2, 0.25) is 5.88 Å². The Morgan fingerprint density at radius 3 is 2.57 bits per heavy atom. The number of nitrogen functional groups attached to an aromatic ring is 1. The number of aromatic nitrogens is 4. The first-order valence-electron chi connectivity index (χ1n) is 10.7. The second-order valence-electron chi connectivity index (χ2n) is 8.20. The Hall–Kier alpha value is -4.41. The number of hydrogen-bond donors (Lipinski definition) is 3. The van der Waals surface area contributed by atoms with E-state index >= 15 is 4.39 Å². The van der Waals surface area contributed by atoms with Crippen molar-refractivity contribution >= 4 is 22.7 Å². The van der Waals surface area contributed by atoms with Crippen molar-refractivity contribution in [3.63, 3.8) is 0 Å². The Morgan fingerprint density at radius 2 is 1.91 bits per heavy atom. The highest BCUT2D eigenvalue weighted by Crippen LogP contribution is 2.34. The van der Waals surface area contributed by atoms with Crippen LogP contribution in [0.3, 0.4) is 0 Å². The van der Waals surface area contributed by atoms with Gasteiger partial charge in [-0.15, -0.1) is 0 Å². The molecule has 0 saturated heterocycles. The van der Waals surface area contributed by atoms with Crippen LogP contribution < -0.4 is 11.4 Å². The van der Waals surface area contributed by atoms with Crippen molar-refractivity contribution in [2.75, 3.05) is 5.73 Å². The summed E-state index contributed by atoms with van der Waals surface area (Å²) in [5, 5.41) is 19.3. The molecule has 0 fully saturated rings. The predicted octanol–water partition coefficient (Wildman–Crippen LogP) is 3.55. The van der Waals surface area contributed by atoms with E-state index < -0.39 is 34.9 Å². The molecule has 0 amide bonds. The summed E-state index contributed by atoms with van der Waals surface area (Å²) in [5.41, 5.74) is 4.99. The van der Waals surface area contributed by atoms with Crippen LogP contribution in [0.25, 0.3) is 28.0 Å². The smallest absolute Gasteiger partial charge is 0.357 e. The molecule has 0 atom stereocenters. The molecule has 3 aromatic heterocycles. The molecule has 4 N–H and O–H groups in total. The fraction of sp³-hybridized carbons (Fsp3) is 0.208. The molecule has 0 saturated carbocycles. The highest BCUT2D eigenvalue weighted by Gasteiger charge is 2.24. The van der Waals surface area contributed by atoms with Crippen molar-refractivity contribution in [1.82, 2.24) is 19.5 Å². The van der Waals surface area contributed by atoms with Gasteiger partial charge in [-0.05, 0) is 42.2 Å². The number of pyridine rings is 2. The maximum atomic E-state index is 15.1. The van der Waals surface area contributed by atoms with Gasteiger partial charge in [-0.2, -0.15) is 4.98 Å². The van der Waals surface area contributed by atoms with Crippen LogP contribution in [0, 0.1) is 11.6 Å². The number of nitrogens with zero attached hydrogens (tertiary/aromatic N) is 4. The third-order valence-electron chi connectivity index (χ3n) is 5.50. The average Bonchev–Trinajstić information content (AvgIpc) is 2.78. The Bertz CT molecular complexity index is 1510. The average molecular weight is 481 g/mol. The third kappa shape index (κ3) is 4.27. The zero-order chi connectivity index (χ0) is 25.4. The van der Waals surface area contributed by atoms with Crippen molar-refractivity contribution in [3.8, 4) is 22.8 Å². The van der Waals surface area contributed by atoms with E-state index in [1.165, 1.54) is 18.3 Å². The van der Waals surface area contributed by atoms with Crippen molar-refractivity contribution in [2.45, 2.75) is 32.6 Å². The van der Waals surface area contributed by atoms with Crippen molar-refractivity contribution < 1.29 is 23.8 Å². The van der Waals surface area contributed by atoms with E-state index in [9.17, 15) is 24.2 Å². The van der Waals surface area contributed by atoms with Gasteiger partial charge in [0.15, 0.2) is 11.5 Å². The summed E-state index contributed by atoms with van der Waals surface area (Å²) in [4.78, 5) is 36.5. The second kappa shape index (κ2) is 9.09. The molecule has 1 aromatic carbocycles. The number of carboxylic acid groups (broad SMARTS) is 1. The molecule has 0 spiro atoms. The summed E-state index contributed by atoms with van der Waals surface area (Å²) in [6.07, 6.45) is 1.32. The fourth-order valence-electron chi connectivity index (χ4n) is 3.91. The molecule has 0 radical (unpaired) electrons. The minimum absolute atomic E-state index is 0.0516. The number of anilines is 1. The third-order valence-corrected chi connectivity index (χ3v) is 5.50. The number of fused-ring (bicyclic) bond motifs is 1. The molecule has 0 aliphatic heterocycles. The summed E-state index contributed by atoms with van der Waals surface area (Å²) in [7, 11) is 0. The molecule has 0 unspecified atom stereocenters. The molecule has 0 aliphatic carbocycles. The predicted molar refractivity (Wildman–Crippen MR) is 124 cm³/mol. The molecule has 0 aliphatic rings. The topological polar surface area (TPSA) is 144 Å². The molecular formula is C24H21F2N5O4. The largest absolute Gasteiger partial charge is 0.493 e. The molecular weight excluding hydrogens is 460 g/mol. The summed E-state index contributed by atoms with van der Waals surface area (Å²) < 4.78 is 30.7. The number of rotatable bonds is 6. The van der Waals surface area contributed by atoms with Crippen LogP contribution in [0.2, 0.25) is 0 Å². The van der Waals surface area contributed by atoms with E-state index in [1.54, 1.807) is 6.07 Å². The van der Waals surface area contributed by atoms with Crippen molar-refractivity contribution in [2.24, 2.45) is 0 Å². The van der Waals surface area contributed by atoms with Gasteiger partial charge in [-0.3, -0.25) is 9.78 Å². The number of hydrogen-bond acceptors (Lipinski definition) is 7. The molecule has 11 heteroatoms. The Morgan fingerprint density at radius 1 is 1.17 bits per heavy atom. The van der Waals surface area contributed by atoms with Gasteiger partial charge in [-0.25, -0.2) is 23.1 Å². The van der Waals surface area contributed by atoms with Crippen molar-refractivity contribution in [3.05, 3.63) is 69.9 Å². The highest BCUT2D eigenvalue weighted by atomic mass is 19.1. The molecule has 3 heterocycles. The van der Waals surface area contributed by atoms with Gasteiger partial charge in [0, 0.05) is 18.3 Å². The number of nitrogens with two attached hydrogens (primary N) is 1. The number of benzene rings is 1. The summed E-state index contributed by atoms with van der Waals surface area (Å²) in [6, 6.07) is 6.29. The molecule has 35 heavy (non-hydrogen) atoms. The normalized spacial score (nSPS) is 11.3. The lowest BCUT2D eigenvalue weighted by atomic mass is 10.0. The van der Waals surface area contributed by atoms with Gasteiger partial charge in [0.1, 0.15) is 11.5 Å². The van der Waals surface area contributed by atoms with E-state index in [2.05, 4.69) is 15.0 Å². The van der Waals surface area contributed by atoms with Gasteiger partial charge in [-0.1, -0.05) is 19.9 Å². The van der Waals surface area contributed by atoms with E-state index in [-0.39, 0.29) is 46.7 Å². The molecule has 9 nitrogen and oxygen atoms in total. The molecule has 4 aromatic rings. The van der Waals surface area contributed by atoms with Crippen LogP contribution in [0.15, 0.2) is 41.3 Å². The van der Waals surface area contributed by atoms with Crippen molar-refractivity contribution in [1.29, 1.82) is 0 Å². The summed E-state index contributed by atoms with van der Waals surface area (Å²) in [6.45, 7) is 3.65.